The molecule has 0 aliphatic rings. The Morgan fingerprint density at radius 1 is 0.895 bits per heavy atom. The molecule has 94 valence electrons. The van der Waals surface area contributed by atoms with E-state index in [-0.39, 0.29) is 0 Å². The molecule has 2 nitrogen and oxygen atoms in total. The van der Waals surface area contributed by atoms with Gasteiger partial charge in [-0.2, -0.15) is 0 Å². The first kappa shape index (κ1) is 12.3. The Morgan fingerprint density at radius 2 is 1.68 bits per heavy atom. The molecule has 0 fully saturated rings. The maximum atomic E-state index is 6.13. The van der Waals surface area contributed by atoms with Gasteiger partial charge in [-0.05, 0) is 23.8 Å². The molecule has 0 saturated heterocycles. The summed E-state index contributed by atoms with van der Waals surface area (Å²) < 4.78 is 5.46. The second-order valence-corrected chi connectivity index (χ2v) is 4.81. The molecule has 2 heterocycles. The van der Waals surface area contributed by atoms with E-state index in [9.17, 15) is 0 Å². The van der Waals surface area contributed by atoms with Crippen molar-refractivity contribution in [2.45, 2.75) is 0 Å². The van der Waals surface area contributed by atoms with Crippen molar-refractivity contribution in [1.82, 2.24) is 4.98 Å². The number of rotatable bonds is 2. The molecular formula is C15H9Cl2NO. The molecule has 0 aliphatic carbocycles. The van der Waals surface area contributed by atoms with E-state index in [2.05, 4.69) is 4.98 Å². The lowest BCUT2D eigenvalue weighted by molar-refractivity contribution is 0.582. The fraction of sp³-hybridized carbons (Fsp3) is 0. The highest BCUT2D eigenvalue weighted by Crippen LogP contribution is 2.36. The van der Waals surface area contributed by atoms with Crippen LogP contribution in [-0.2, 0) is 0 Å². The normalized spacial score (nSPS) is 10.6. The Labute approximate surface area is 120 Å². The lowest BCUT2D eigenvalue weighted by Gasteiger charge is -2.07. The number of hydrogen-bond acceptors (Lipinski definition) is 2. The van der Waals surface area contributed by atoms with E-state index in [1.165, 1.54) is 0 Å². The van der Waals surface area contributed by atoms with Crippen LogP contribution in [0.1, 0.15) is 0 Å². The summed E-state index contributed by atoms with van der Waals surface area (Å²) in [5.41, 5.74) is 2.90. The van der Waals surface area contributed by atoms with Gasteiger partial charge < -0.3 is 4.42 Å². The first-order valence-electron chi connectivity index (χ1n) is 5.70. The Bertz CT molecular complexity index is 704. The zero-order chi connectivity index (χ0) is 13.2. The molecule has 0 saturated carbocycles. The van der Waals surface area contributed by atoms with Crippen LogP contribution in [0.25, 0.3) is 22.5 Å². The average molecular weight is 290 g/mol. The summed E-state index contributed by atoms with van der Waals surface area (Å²) in [4.78, 5) is 4.10. The standard InChI is InChI=1S/C15H9Cl2NO/c16-13-7-8-19-15(13)12-4-2-1-3-11(12)10-5-6-14(17)18-9-10/h1-9H. The number of pyridine rings is 1. The summed E-state index contributed by atoms with van der Waals surface area (Å²) in [6, 6.07) is 13.3. The molecule has 0 bridgehead atoms. The fourth-order valence-corrected chi connectivity index (χ4v) is 2.26. The zero-order valence-electron chi connectivity index (χ0n) is 9.81. The SMILES string of the molecule is Clc1ccc(-c2ccccc2-c2occc2Cl)cn1. The predicted octanol–water partition coefficient (Wildman–Crippen LogP) is 5.32. The second kappa shape index (κ2) is 5.08. The number of halogens is 2. The molecule has 3 rings (SSSR count). The van der Waals surface area contributed by atoms with Crippen LogP contribution in [-0.4, -0.2) is 4.98 Å². The van der Waals surface area contributed by atoms with Crippen LogP contribution >= 0.6 is 23.2 Å². The molecule has 0 aliphatic heterocycles. The summed E-state index contributed by atoms with van der Waals surface area (Å²) in [6.07, 6.45) is 3.31. The van der Waals surface area contributed by atoms with E-state index < -0.39 is 0 Å². The molecule has 0 atom stereocenters. The van der Waals surface area contributed by atoms with Gasteiger partial charge in [0.05, 0.1) is 11.3 Å². The maximum Gasteiger partial charge on any atom is 0.153 e. The minimum Gasteiger partial charge on any atom is -0.463 e. The largest absolute Gasteiger partial charge is 0.463 e. The quantitative estimate of drug-likeness (QED) is 0.597. The van der Waals surface area contributed by atoms with Crippen LogP contribution in [0, 0.1) is 0 Å². The topological polar surface area (TPSA) is 26.0 Å². The molecule has 0 spiro atoms. The molecule has 0 N–H and O–H groups in total. The van der Waals surface area contributed by atoms with Crippen molar-refractivity contribution in [3.8, 4) is 22.5 Å². The number of hydrogen-bond donors (Lipinski definition) is 0. The van der Waals surface area contributed by atoms with E-state index in [4.69, 9.17) is 27.6 Å². The molecule has 0 amide bonds. The first-order valence-corrected chi connectivity index (χ1v) is 6.45. The molecule has 1 aromatic carbocycles. The minimum absolute atomic E-state index is 0.470. The van der Waals surface area contributed by atoms with Gasteiger partial charge >= 0.3 is 0 Å². The summed E-state index contributed by atoms with van der Waals surface area (Å²) in [7, 11) is 0. The van der Waals surface area contributed by atoms with Crippen molar-refractivity contribution >= 4 is 23.2 Å². The second-order valence-electron chi connectivity index (χ2n) is 4.01. The van der Waals surface area contributed by atoms with Crippen LogP contribution in [0.15, 0.2) is 59.3 Å². The Balaban J connectivity index is 2.18. The average Bonchev–Trinajstić information content (AvgIpc) is 2.86. The van der Waals surface area contributed by atoms with Crippen molar-refractivity contribution in [1.29, 1.82) is 0 Å². The third-order valence-corrected chi connectivity index (χ3v) is 3.35. The van der Waals surface area contributed by atoms with E-state index in [0.717, 1.165) is 16.7 Å². The van der Waals surface area contributed by atoms with Crippen LogP contribution in [0.3, 0.4) is 0 Å². The Hall–Kier alpha value is -1.77. The van der Waals surface area contributed by atoms with Gasteiger partial charge in [0.25, 0.3) is 0 Å². The third kappa shape index (κ3) is 2.37. The van der Waals surface area contributed by atoms with Gasteiger partial charge in [0, 0.05) is 17.3 Å². The monoisotopic (exact) mass is 289 g/mol. The van der Waals surface area contributed by atoms with Gasteiger partial charge in [-0.25, -0.2) is 4.98 Å². The van der Waals surface area contributed by atoms with Crippen LogP contribution < -0.4 is 0 Å². The Kier molecular flexibility index (Phi) is 3.28. The number of furan rings is 1. The molecule has 19 heavy (non-hydrogen) atoms. The molecule has 0 unspecified atom stereocenters. The molecule has 4 heteroatoms. The fourth-order valence-electron chi connectivity index (χ4n) is 1.95. The van der Waals surface area contributed by atoms with Crippen LogP contribution in [0.5, 0.6) is 0 Å². The van der Waals surface area contributed by atoms with Crippen molar-refractivity contribution < 1.29 is 4.42 Å². The van der Waals surface area contributed by atoms with Crippen molar-refractivity contribution in [2.24, 2.45) is 0 Å². The molecule has 2 aromatic heterocycles. The van der Waals surface area contributed by atoms with Gasteiger partial charge in [-0.3, -0.25) is 0 Å². The highest BCUT2D eigenvalue weighted by atomic mass is 35.5. The highest BCUT2D eigenvalue weighted by Gasteiger charge is 2.12. The minimum atomic E-state index is 0.470. The summed E-state index contributed by atoms with van der Waals surface area (Å²) in [6.45, 7) is 0. The van der Waals surface area contributed by atoms with Gasteiger partial charge in [0.1, 0.15) is 5.15 Å². The van der Waals surface area contributed by atoms with Crippen LogP contribution in [0.2, 0.25) is 10.2 Å². The first-order chi connectivity index (χ1) is 9.25. The Morgan fingerprint density at radius 3 is 2.32 bits per heavy atom. The number of aromatic nitrogens is 1. The van der Waals surface area contributed by atoms with Crippen LogP contribution in [0.4, 0.5) is 0 Å². The van der Waals surface area contributed by atoms with Crippen molar-refractivity contribution in [2.75, 3.05) is 0 Å². The smallest absolute Gasteiger partial charge is 0.153 e. The van der Waals surface area contributed by atoms with Gasteiger partial charge in [-0.15, -0.1) is 0 Å². The van der Waals surface area contributed by atoms with Crippen molar-refractivity contribution in [3.63, 3.8) is 0 Å². The number of nitrogens with zero attached hydrogens (tertiary/aromatic N) is 1. The maximum absolute atomic E-state index is 6.13. The van der Waals surface area contributed by atoms with Crippen molar-refractivity contribution in [3.05, 3.63) is 65.1 Å². The van der Waals surface area contributed by atoms with E-state index in [1.807, 2.05) is 30.3 Å². The van der Waals surface area contributed by atoms with E-state index in [1.54, 1.807) is 24.6 Å². The lowest BCUT2D eigenvalue weighted by atomic mass is 9.99. The summed E-state index contributed by atoms with van der Waals surface area (Å²) in [5, 5.41) is 1.06. The van der Waals surface area contributed by atoms with Gasteiger partial charge in [-0.1, -0.05) is 47.5 Å². The predicted molar refractivity (Wildman–Crippen MR) is 77.4 cm³/mol. The molecule has 0 radical (unpaired) electrons. The summed E-state index contributed by atoms with van der Waals surface area (Å²) in [5.74, 6) is 0.659. The molecule has 3 aromatic rings. The van der Waals surface area contributed by atoms with Gasteiger partial charge in [0.15, 0.2) is 5.76 Å². The highest BCUT2D eigenvalue weighted by molar-refractivity contribution is 6.33. The van der Waals surface area contributed by atoms with E-state index >= 15 is 0 Å². The number of benzene rings is 1. The van der Waals surface area contributed by atoms with E-state index in [0.29, 0.717) is 15.9 Å². The zero-order valence-corrected chi connectivity index (χ0v) is 11.3. The summed E-state index contributed by atoms with van der Waals surface area (Å²) >= 11 is 11.9. The molecular weight excluding hydrogens is 281 g/mol. The third-order valence-electron chi connectivity index (χ3n) is 2.83. The van der Waals surface area contributed by atoms with Gasteiger partial charge in [0.2, 0.25) is 0 Å². The lowest BCUT2D eigenvalue weighted by Crippen LogP contribution is -1.85.